The van der Waals surface area contributed by atoms with E-state index in [-0.39, 0.29) is 5.78 Å². The molecule has 0 saturated heterocycles. The van der Waals surface area contributed by atoms with Crippen molar-refractivity contribution in [1.82, 2.24) is 0 Å². The molecule has 3 nitrogen and oxygen atoms in total. The Bertz CT molecular complexity index is 452. The minimum atomic E-state index is 0.0501. The topological polar surface area (TPSA) is 29.5 Å². The lowest BCUT2D eigenvalue weighted by Gasteiger charge is -2.24. The molecule has 1 aromatic carbocycles. The van der Waals surface area contributed by atoms with Crippen molar-refractivity contribution in [3.63, 3.8) is 0 Å². The van der Waals surface area contributed by atoms with E-state index in [9.17, 15) is 4.79 Å². The van der Waals surface area contributed by atoms with Crippen molar-refractivity contribution in [1.29, 1.82) is 0 Å². The van der Waals surface area contributed by atoms with Crippen molar-refractivity contribution in [2.24, 2.45) is 0 Å². The summed E-state index contributed by atoms with van der Waals surface area (Å²) < 4.78 is 5.68. The Labute approximate surface area is 116 Å². The Kier molecular flexibility index (Phi) is 5.40. The fourth-order valence-corrected chi connectivity index (χ4v) is 2.05. The zero-order valence-electron chi connectivity index (χ0n) is 12.9. The molecular weight excluding hydrogens is 238 g/mol. The second kappa shape index (κ2) is 6.60. The van der Waals surface area contributed by atoms with Gasteiger partial charge >= 0.3 is 0 Å². The molecule has 0 radical (unpaired) electrons. The highest BCUT2D eigenvalue weighted by Crippen LogP contribution is 2.34. The second-order valence-corrected chi connectivity index (χ2v) is 5.07. The number of ether oxygens (including phenoxy) is 1. The maximum atomic E-state index is 12.0. The molecule has 106 valence electrons. The molecule has 1 aromatic rings. The van der Waals surface area contributed by atoms with E-state index in [1.165, 1.54) is 5.56 Å². The first-order valence-corrected chi connectivity index (χ1v) is 6.95. The highest BCUT2D eigenvalue weighted by Gasteiger charge is 2.19. The van der Waals surface area contributed by atoms with Crippen LogP contribution in [0.2, 0.25) is 0 Å². The molecule has 0 aromatic heterocycles. The molecule has 0 amide bonds. The van der Waals surface area contributed by atoms with E-state index in [2.05, 4.69) is 31.7 Å². The van der Waals surface area contributed by atoms with Crippen LogP contribution in [0.5, 0.6) is 5.75 Å². The molecule has 3 heteroatoms. The summed E-state index contributed by atoms with van der Waals surface area (Å²) in [7, 11) is 2.00. The van der Waals surface area contributed by atoms with Gasteiger partial charge in [-0.15, -0.1) is 0 Å². The molecule has 0 aliphatic rings. The van der Waals surface area contributed by atoms with Gasteiger partial charge < -0.3 is 9.64 Å². The molecule has 0 fully saturated rings. The maximum Gasteiger partial charge on any atom is 0.165 e. The summed E-state index contributed by atoms with van der Waals surface area (Å²) in [6.07, 6.45) is 0. The highest BCUT2D eigenvalue weighted by atomic mass is 16.5. The van der Waals surface area contributed by atoms with Crippen LogP contribution in [0.25, 0.3) is 0 Å². The van der Waals surface area contributed by atoms with Gasteiger partial charge in [0.2, 0.25) is 0 Å². The van der Waals surface area contributed by atoms with Crippen LogP contribution in [0, 0.1) is 0 Å². The van der Waals surface area contributed by atoms with E-state index in [0.29, 0.717) is 23.8 Å². The normalized spacial score (nSPS) is 10.7. The second-order valence-electron chi connectivity index (χ2n) is 5.07. The third-order valence-electron chi connectivity index (χ3n) is 3.31. The fourth-order valence-electron chi connectivity index (χ4n) is 2.05. The molecule has 19 heavy (non-hydrogen) atoms. The minimum absolute atomic E-state index is 0.0501. The molecule has 0 atom stereocenters. The van der Waals surface area contributed by atoms with Gasteiger partial charge in [0.25, 0.3) is 0 Å². The number of carbonyl (C=O) groups is 1. The molecule has 0 heterocycles. The quantitative estimate of drug-likeness (QED) is 0.730. The predicted molar refractivity (Wildman–Crippen MR) is 80.6 cm³/mol. The van der Waals surface area contributed by atoms with Gasteiger partial charge in [-0.1, -0.05) is 13.8 Å². The Morgan fingerprint density at radius 2 is 1.95 bits per heavy atom. The smallest absolute Gasteiger partial charge is 0.165 e. The molecule has 0 unspecified atom stereocenters. The fraction of sp³-hybridized carbons (Fsp3) is 0.562. The molecule has 0 N–H and O–H groups in total. The van der Waals surface area contributed by atoms with Gasteiger partial charge in [0.15, 0.2) is 5.78 Å². The molecular formula is C16H25NO2. The van der Waals surface area contributed by atoms with Gasteiger partial charge in [0, 0.05) is 13.6 Å². The van der Waals surface area contributed by atoms with Crippen LogP contribution in [0.4, 0.5) is 5.69 Å². The van der Waals surface area contributed by atoms with Crippen molar-refractivity contribution in [2.45, 2.75) is 40.5 Å². The monoisotopic (exact) mass is 263 g/mol. The van der Waals surface area contributed by atoms with Crippen LogP contribution in [0.1, 0.15) is 56.5 Å². The maximum absolute atomic E-state index is 12.0. The van der Waals surface area contributed by atoms with Crippen molar-refractivity contribution < 1.29 is 9.53 Å². The average Bonchev–Trinajstić information content (AvgIpc) is 2.36. The van der Waals surface area contributed by atoms with Gasteiger partial charge in [-0.2, -0.15) is 0 Å². The number of benzene rings is 1. The Balaban J connectivity index is 3.50. The van der Waals surface area contributed by atoms with Crippen molar-refractivity contribution in [2.75, 3.05) is 25.1 Å². The van der Waals surface area contributed by atoms with E-state index in [1.807, 2.05) is 20.0 Å². The van der Waals surface area contributed by atoms with Gasteiger partial charge in [-0.3, -0.25) is 4.79 Å². The number of hydrogen-bond donors (Lipinski definition) is 0. The summed E-state index contributed by atoms with van der Waals surface area (Å²) in [5, 5.41) is 0. The zero-order chi connectivity index (χ0) is 14.6. The largest absolute Gasteiger partial charge is 0.493 e. The van der Waals surface area contributed by atoms with Crippen LogP contribution in [0.3, 0.4) is 0 Å². The number of hydrogen-bond acceptors (Lipinski definition) is 3. The number of anilines is 1. The Morgan fingerprint density at radius 3 is 2.37 bits per heavy atom. The summed E-state index contributed by atoms with van der Waals surface area (Å²) in [6, 6.07) is 4.10. The molecule has 1 rings (SSSR count). The third kappa shape index (κ3) is 3.49. The molecule has 0 bridgehead atoms. The standard InChI is InChI=1S/C16H25NO2/c1-7-17(6)14-9-13(11(3)4)10-15(19-8-2)16(14)12(5)18/h9-11H,7-8H2,1-6H3. The first-order valence-electron chi connectivity index (χ1n) is 6.95. The first-order chi connectivity index (χ1) is 8.92. The molecule has 0 aliphatic heterocycles. The van der Waals surface area contributed by atoms with Gasteiger partial charge in [-0.05, 0) is 44.4 Å². The van der Waals surface area contributed by atoms with Gasteiger partial charge in [0.05, 0.1) is 17.9 Å². The number of nitrogens with zero attached hydrogens (tertiary/aromatic N) is 1. The van der Waals surface area contributed by atoms with Crippen molar-refractivity contribution in [3.05, 3.63) is 23.3 Å². The van der Waals surface area contributed by atoms with Crippen LogP contribution >= 0.6 is 0 Å². The van der Waals surface area contributed by atoms with E-state index in [1.54, 1.807) is 6.92 Å². The lowest BCUT2D eigenvalue weighted by molar-refractivity contribution is 0.101. The summed E-state index contributed by atoms with van der Waals surface area (Å²) in [5.41, 5.74) is 2.85. The lowest BCUT2D eigenvalue weighted by atomic mass is 9.97. The van der Waals surface area contributed by atoms with E-state index in [4.69, 9.17) is 4.74 Å². The molecule has 0 spiro atoms. The molecule has 0 saturated carbocycles. The zero-order valence-corrected chi connectivity index (χ0v) is 12.9. The van der Waals surface area contributed by atoms with Crippen molar-refractivity contribution in [3.8, 4) is 5.75 Å². The number of carbonyl (C=O) groups excluding carboxylic acids is 1. The third-order valence-corrected chi connectivity index (χ3v) is 3.31. The van der Waals surface area contributed by atoms with Crippen LogP contribution < -0.4 is 9.64 Å². The van der Waals surface area contributed by atoms with Crippen LogP contribution in [0.15, 0.2) is 12.1 Å². The highest BCUT2D eigenvalue weighted by molar-refractivity contribution is 6.02. The molecule has 0 aliphatic carbocycles. The Morgan fingerprint density at radius 1 is 1.32 bits per heavy atom. The summed E-state index contributed by atoms with van der Waals surface area (Å²) in [6.45, 7) is 11.3. The van der Waals surface area contributed by atoms with Crippen LogP contribution in [-0.4, -0.2) is 26.0 Å². The summed E-state index contributed by atoms with van der Waals surface area (Å²) in [5.74, 6) is 1.16. The summed E-state index contributed by atoms with van der Waals surface area (Å²) in [4.78, 5) is 14.0. The summed E-state index contributed by atoms with van der Waals surface area (Å²) >= 11 is 0. The van der Waals surface area contributed by atoms with Crippen molar-refractivity contribution >= 4 is 11.5 Å². The van der Waals surface area contributed by atoms with Gasteiger partial charge in [0.1, 0.15) is 5.75 Å². The number of Topliss-reactive ketones (excluding diaryl/α,β-unsaturated/α-hetero) is 1. The number of rotatable bonds is 6. The number of ketones is 1. The van der Waals surface area contributed by atoms with E-state index >= 15 is 0 Å². The average molecular weight is 263 g/mol. The first kappa shape index (κ1) is 15.5. The minimum Gasteiger partial charge on any atom is -0.493 e. The van der Waals surface area contributed by atoms with Crippen LogP contribution in [-0.2, 0) is 0 Å². The Hall–Kier alpha value is -1.51. The SMILES string of the molecule is CCOc1cc(C(C)C)cc(N(C)CC)c1C(C)=O. The van der Waals surface area contributed by atoms with E-state index < -0.39 is 0 Å². The van der Waals surface area contributed by atoms with E-state index in [0.717, 1.165) is 12.2 Å². The predicted octanol–water partition coefficient (Wildman–Crippen LogP) is 3.87. The lowest BCUT2D eigenvalue weighted by Crippen LogP contribution is -2.20. The van der Waals surface area contributed by atoms with Gasteiger partial charge in [-0.25, -0.2) is 0 Å².